The maximum absolute atomic E-state index is 13.3. The number of thiazole rings is 1. The van der Waals surface area contributed by atoms with Crippen molar-refractivity contribution in [1.82, 2.24) is 14.5 Å². The van der Waals surface area contributed by atoms with Crippen molar-refractivity contribution in [2.24, 2.45) is 0 Å². The first-order valence-electron chi connectivity index (χ1n) is 9.25. The SMILES string of the molecule is O=C(CSc1ncc(-c2ccc(Cl)c(Cl)c2)n1-c1cccc(C(F)(F)F)c1)Nc1nccs1. The lowest BCUT2D eigenvalue weighted by Crippen LogP contribution is -2.14. The number of hydrogen-bond acceptors (Lipinski definition) is 5. The van der Waals surface area contributed by atoms with E-state index in [1.807, 2.05) is 0 Å². The number of amides is 1. The third-order valence-electron chi connectivity index (χ3n) is 4.39. The van der Waals surface area contributed by atoms with Gasteiger partial charge >= 0.3 is 6.18 Å². The summed E-state index contributed by atoms with van der Waals surface area (Å²) in [6.45, 7) is 0. The summed E-state index contributed by atoms with van der Waals surface area (Å²) >= 11 is 14.5. The molecule has 0 aliphatic carbocycles. The highest BCUT2D eigenvalue weighted by atomic mass is 35.5. The largest absolute Gasteiger partial charge is 0.416 e. The van der Waals surface area contributed by atoms with Crippen molar-refractivity contribution in [1.29, 1.82) is 0 Å². The van der Waals surface area contributed by atoms with E-state index in [1.54, 1.807) is 34.3 Å². The van der Waals surface area contributed by atoms with Crippen molar-refractivity contribution in [2.45, 2.75) is 11.3 Å². The fourth-order valence-electron chi connectivity index (χ4n) is 2.94. The van der Waals surface area contributed by atoms with Crippen LogP contribution >= 0.6 is 46.3 Å². The molecule has 0 saturated carbocycles. The van der Waals surface area contributed by atoms with E-state index in [2.05, 4.69) is 15.3 Å². The van der Waals surface area contributed by atoms with Gasteiger partial charge in [-0.25, -0.2) is 9.97 Å². The standard InChI is InChI=1S/C21H13Cl2F3N4OS2/c22-15-5-4-12(8-16(15)23)17-10-28-20(33-11-18(31)29-19-27-6-7-32-19)30(17)14-3-1-2-13(9-14)21(24,25)26/h1-10H,11H2,(H,27,29,31). The van der Waals surface area contributed by atoms with Gasteiger partial charge in [0.05, 0.1) is 33.3 Å². The Morgan fingerprint density at radius 3 is 2.64 bits per heavy atom. The Balaban J connectivity index is 1.72. The number of halogens is 5. The zero-order valence-corrected chi connectivity index (χ0v) is 19.6. The zero-order chi connectivity index (χ0) is 23.6. The topological polar surface area (TPSA) is 59.8 Å². The summed E-state index contributed by atoms with van der Waals surface area (Å²) in [5.74, 6) is -0.333. The second kappa shape index (κ2) is 9.76. The van der Waals surface area contributed by atoms with Gasteiger partial charge in [0.1, 0.15) is 0 Å². The van der Waals surface area contributed by atoms with E-state index in [-0.39, 0.29) is 17.3 Å². The maximum Gasteiger partial charge on any atom is 0.416 e. The number of nitrogens with zero attached hydrogens (tertiary/aromatic N) is 3. The van der Waals surface area contributed by atoms with Gasteiger partial charge in [0.2, 0.25) is 5.91 Å². The van der Waals surface area contributed by atoms with Gasteiger partial charge in [-0.15, -0.1) is 11.3 Å². The Morgan fingerprint density at radius 2 is 1.94 bits per heavy atom. The molecule has 0 bridgehead atoms. The molecule has 0 unspecified atom stereocenters. The first kappa shape index (κ1) is 23.6. The summed E-state index contributed by atoms with van der Waals surface area (Å²) in [5.41, 5.74) is 0.543. The summed E-state index contributed by atoms with van der Waals surface area (Å²) in [6, 6.07) is 9.78. The van der Waals surface area contributed by atoms with Crippen molar-refractivity contribution in [3.63, 3.8) is 0 Å². The van der Waals surface area contributed by atoms with Crippen molar-refractivity contribution >= 4 is 57.3 Å². The summed E-state index contributed by atoms with van der Waals surface area (Å²) in [4.78, 5) is 20.6. The van der Waals surface area contributed by atoms with Crippen LogP contribution in [0.4, 0.5) is 18.3 Å². The lowest BCUT2D eigenvalue weighted by Gasteiger charge is -2.15. The minimum Gasteiger partial charge on any atom is -0.301 e. The molecule has 0 fully saturated rings. The third kappa shape index (κ3) is 5.52. The maximum atomic E-state index is 13.3. The molecule has 0 aliphatic rings. The van der Waals surface area contributed by atoms with Crippen LogP contribution < -0.4 is 5.32 Å². The summed E-state index contributed by atoms with van der Waals surface area (Å²) in [5, 5.41) is 5.83. The number of carbonyl (C=O) groups is 1. The molecule has 0 spiro atoms. The Morgan fingerprint density at radius 1 is 1.12 bits per heavy atom. The van der Waals surface area contributed by atoms with Gasteiger partial charge in [-0.2, -0.15) is 13.2 Å². The Bertz CT molecular complexity index is 1290. The van der Waals surface area contributed by atoms with Gasteiger partial charge in [0.15, 0.2) is 10.3 Å². The van der Waals surface area contributed by atoms with Crippen molar-refractivity contribution in [3.8, 4) is 16.9 Å². The Labute approximate surface area is 204 Å². The first-order valence-corrected chi connectivity index (χ1v) is 11.9. The second-order valence-electron chi connectivity index (χ2n) is 6.61. The van der Waals surface area contributed by atoms with E-state index in [0.717, 1.165) is 23.9 Å². The van der Waals surface area contributed by atoms with Crippen LogP contribution in [0.1, 0.15) is 5.56 Å². The highest BCUT2D eigenvalue weighted by Gasteiger charge is 2.31. The smallest absolute Gasteiger partial charge is 0.301 e. The first-order chi connectivity index (χ1) is 15.7. The molecule has 1 N–H and O–H groups in total. The molecule has 0 atom stereocenters. The number of anilines is 1. The van der Waals surface area contributed by atoms with Gasteiger partial charge in [-0.05, 0) is 30.3 Å². The minimum absolute atomic E-state index is 0.0175. The molecule has 4 aromatic rings. The average molecular weight is 529 g/mol. The molecular weight excluding hydrogens is 516 g/mol. The van der Waals surface area contributed by atoms with Crippen LogP contribution in [-0.4, -0.2) is 26.2 Å². The van der Waals surface area contributed by atoms with Crippen LogP contribution in [0.25, 0.3) is 16.9 Å². The molecule has 0 saturated heterocycles. The highest BCUT2D eigenvalue weighted by Crippen LogP contribution is 2.35. The van der Waals surface area contributed by atoms with Gasteiger partial charge in [-0.3, -0.25) is 9.36 Å². The molecule has 0 radical (unpaired) electrons. The van der Waals surface area contributed by atoms with Crippen LogP contribution in [0, 0.1) is 0 Å². The van der Waals surface area contributed by atoms with E-state index in [4.69, 9.17) is 23.2 Å². The van der Waals surface area contributed by atoms with E-state index in [9.17, 15) is 18.0 Å². The van der Waals surface area contributed by atoms with E-state index in [1.165, 1.54) is 29.7 Å². The predicted molar refractivity (Wildman–Crippen MR) is 125 cm³/mol. The molecule has 1 amide bonds. The van der Waals surface area contributed by atoms with Gasteiger partial charge < -0.3 is 5.32 Å². The molecule has 2 aromatic heterocycles. The number of benzene rings is 2. The quantitative estimate of drug-likeness (QED) is 0.272. The van der Waals surface area contributed by atoms with Crippen LogP contribution in [0.3, 0.4) is 0 Å². The molecule has 12 heteroatoms. The molecule has 170 valence electrons. The van der Waals surface area contributed by atoms with Gasteiger partial charge in [0, 0.05) is 22.8 Å². The number of hydrogen-bond donors (Lipinski definition) is 1. The van der Waals surface area contributed by atoms with E-state index in [0.29, 0.717) is 31.6 Å². The lowest BCUT2D eigenvalue weighted by molar-refractivity contribution is -0.137. The molecular formula is C21H13Cl2F3N4OS2. The molecule has 4 rings (SSSR count). The number of thioether (sulfide) groups is 1. The Hall–Kier alpha value is -2.53. The van der Waals surface area contributed by atoms with Crippen LogP contribution in [0.5, 0.6) is 0 Å². The average Bonchev–Trinajstić information content (AvgIpc) is 3.43. The fourth-order valence-corrected chi connectivity index (χ4v) is 4.57. The summed E-state index contributed by atoms with van der Waals surface area (Å²) in [7, 11) is 0. The van der Waals surface area contributed by atoms with Gasteiger partial charge in [-0.1, -0.05) is 47.1 Å². The van der Waals surface area contributed by atoms with E-state index >= 15 is 0 Å². The van der Waals surface area contributed by atoms with Crippen LogP contribution in [0.2, 0.25) is 10.0 Å². The predicted octanol–water partition coefficient (Wildman–Crippen LogP) is 7.05. The van der Waals surface area contributed by atoms with E-state index < -0.39 is 11.7 Å². The summed E-state index contributed by atoms with van der Waals surface area (Å²) in [6.07, 6.45) is -1.43. The van der Waals surface area contributed by atoms with Crippen molar-refractivity contribution in [2.75, 3.05) is 11.1 Å². The minimum atomic E-state index is -4.51. The highest BCUT2D eigenvalue weighted by molar-refractivity contribution is 7.99. The molecule has 0 aliphatic heterocycles. The number of alkyl halides is 3. The molecule has 33 heavy (non-hydrogen) atoms. The number of imidazole rings is 1. The number of rotatable bonds is 6. The third-order valence-corrected chi connectivity index (χ3v) is 6.77. The molecule has 2 heterocycles. The van der Waals surface area contributed by atoms with Crippen LogP contribution in [0.15, 0.2) is 65.4 Å². The summed E-state index contributed by atoms with van der Waals surface area (Å²) < 4.78 is 41.6. The number of aromatic nitrogens is 3. The van der Waals surface area contributed by atoms with Gasteiger partial charge in [0.25, 0.3) is 0 Å². The molecule has 5 nitrogen and oxygen atoms in total. The monoisotopic (exact) mass is 528 g/mol. The Kier molecular flexibility index (Phi) is 6.99. The second-order valence-corrected chi connectivity index (χ2v) is 9.26. The normalized spacial score (nSPS) is 11.5. The van der Waals surface area contributed by atoms with Crippen molar-refractivity contribution in [3.05, 3.63) is 75.8 Å². The number of nitrogens with one attached hydrogen (secondary N) is 1. The fraction of sp³-hybridized carbons (Fsp3) is 0.0952. The zero-order valence-electron chi connectivity index (χ0n) is 16.4. The molecule has 2 aromatic carbocycles. The number of carbonyl (C=O) groups excluding carboxylic acids is 1. The lowest BCUT2D eigenvalue weighted by atomic mass is 10.1. The van der Waals surface area contributed by atoms with Crippen LogP contribution in [-0.2, 0) is 11.0 Å². The van der Waals surface area contributed by atoms with Crippen molar-refractivity contribution < 1.29 is 18.0 Å².